The molecule has 0 radical (unpaired) electrons. The van der Waals surface area contributed by atoms with E-state index in [9.17, 15) is 4.39 Å². The second kappa shape index (κ2) is 5.98. The molecular weight excluding hydrogens is 253 g/mol. The molecule has 96 valence electrons. The summed E-state index contributed by atoms with van der Waals surface area (Å²) in [5.41, 5.74) is 2.57. The summed E-state index contributed by atoms with van der Waals surface area (Å²) in [4.78, 5) is 0. The molecule has 2 rings (SSSR count). The third kappa shape index (κ3) is 3.09. The molecule has 2 N–H and O–H groups in total. The number of nitrogens with zero attached hydrogens (tertiary/aromatic N) is 1. The van der Waals surface area contributed by atoms with Crippen LogP contribution in [0.1, 0.15) is 19.0 Å². The van der Waals surface area contributed by atoms with Gasteiger partial charge < -0.3 is 5.32 Å². The first kappa shape index (κ1) is 13.1. The quantitative estimate of drug-likeness (QED) is 0.816. The van der Waals surface area contributed by atoms with Gasteiger partial charge in [0.15, 0.2) is 0 Å². The van der Waals surface area contributed by atoms with E-state index in [4.69, 9.17) is 11.6 Å². The van der Waals surface area contributed by atoms with E-state index in [1.165, 1.54) is 6.07 Å². The van der Waals surface area contributed by atoms with Crippen LogP contribution in [0.4, 0.5) is 4.39 Å². The second-order valence-electron chi connectivity index (χ2n) is 4.08. The van der Waals surface area contributed by atoms with Crippen molar-refractivity contribution in [1.82, 2.24) is 15.5 Å². The highest BCUT2D eigenvalue weighted by atomic mass is 35.5. The van der Waals surface area contributed by atoms with Gasteiger partial charge in [-0.1, -0.05) is 18.5 Å². The summed E-state index contributed by atoms with van der Waals surface area (Å²) in [5, 5.41) is 10.5. The lowest BCUT2D eigenvalue weighted by atomic mass is 10.1. The van der Waals surface area contributed by atoms with E-state index >= 15 is 0 Å². The van der Waals surface area contributed by atoms with Crippen molar-refractivity contribution in [1.29, 1.82) is 0 Å². The van der Waals surface area contributed by atoms with Crippen LogP contribution in [0, 0.1) is 5.82 Å². The standard InChI is InChI=1S/C13H15ClFN3/c1-2-5-16-8-10-7-13(18-17-10)9-3-4-12(15)11(14)6-9/h3-4,6-7,16H,2,5,8H2,1H3,(H,17,18). The Bertz CT molecular complexity index is 525. The number of hydrogen-bond donors (Lipinski definition) is 2. The Morgan fingerprint density at radius 1 is 1.39 bits per heavy atom. The van der Waals surface area contributed by atoms with Crippen LogP contribution in [0.5, 0.6) is 0 Å². The van der Waals surface area contributed by atoms with Crippen LogP contribution in [-0.4, -0.2) is 16.7 Å². The molecule has 18 heavy (non-hydrogen) atoms. The van der Waals surface area contributed by atoms with Gasteiger partial charge in [0.05, 0.1) is 10.7 Å². The van der Waals surface area contributed by atoms with Crippen molar-refractivity contribution >= 4 is 11.6 Å². The summed E-state index contributed by atoms with van der Waals surface area (Å²) in [5.74, 6) is -0.416. The van der Waals surface area contributed by atoms with E-state index in [0.29, 0.717) is 0 Å². The summed E-state index contributed by atoms with van der Waals surface area (Å²) in [6.45, 7) is 3.83. The van der Waals surface area contributed by atoms with Crippen LogP contribution in [0.2, 0.25) is 5.02 Å². The van der Waals surface area contributed by atoms with Gasteiger partial charge in [-0.25, -0.2) is 4.39 Å². The molecule has 0 unspecified atom stereocenters. The van der Waals surface area contributed by atoms with Crippen molar-refractivity contribution in [3.8, 4) is 11.3 Å². The van der Waals surface area contributed by atoms with Gasteiger partial charge in [-0.05, 0) is 37.2 Å². The highest BCUT2D eigenvalue weighted by molar-refractivity contribution is 6.31. The molecule has 0 aliphatic rings. The minimum atomic E-state index is -0.416. The average molecular weight is 268 g/mol. The first-order valence-corrected chi connectivity index (χ1v) is 6.29. The van der Waals surface area contributed by atoms with Crippen LogP contribution in [-0.2, 0) is 6.54 Å². The zero-order chi connectivity index (χ0) is 13.0. The number of halogens is 2. The third-order valence-corrected chi connectivity index (χ3v) is 2.88. The molecule has 0 bridgehead atoms. The predicted octanol–water partition coefficient (Wildman–Crippen LogP) is 3.37. The lowest BCUT2D eigenvalue weighted by molar-refractivity contribution is 0.628. The van der Waals surface area contributed by atoms with Crippen molar-refractivity contribution in [2.24, 2.45) is 0 Å². The fraction of sp³-hybridized carbons (Fsp3) is 0.308. The normalized spacial score (nSPS) is 10.8. The van der Waals surface area contributed by atoms with Crippen LogP contribution in [0.3, 0.4) is 0 Å². The Balaban J connectivity index is 2.11. The molecule has 0 aliphatic heterocycles. The van der Waals surface area contributed by atoms with E-state index in [2.05, 4.69) is 22.4 Å². The first-order valence-electron chi connectivity index (χ1n) is 5.91. The number of aromatic amines is 1. The van der Waals surface area contributed by atoms with Crippen LogP contribution >= 0.6 is 11.6 Å². The van der Waals surface area contributed by atoms with Crippen LogP contribution in [0.15, 0.2) is 24.3 Å². The number of rotatable bonds is 5. The van der Waals surface area contributed by atoms with E-state index in [1.807, 2.05) is 6.07 Å². The Kier molecular flexibility index (Phi) is 4.33. The molecule has 0 saturated carbocycles. The highest BCUT2D eigenvalue weighted by Crippen LogP contribution is 2.23. The van der Waals surface area contributed by atoms with Crippen molar-refractivity contribution in [3.63, 3.8) is 0 Å². The van der Waals surface area contributed by atoms with Crippen molar-refractivity contribution in [2.45, 2.75) is 19.9 Å². The van der Waals surface area contributed by atoms with E-state index in [1.54, 1.807) is 12.1 Å². The van der Waals surface area contributed by atoms with E-state index in [-0.39, 0.29) is 5.02 Å². The number of aromatic nitrogens is 2. The maximum absolute atomic E-state index is 13.1. The molecule has 3 nitrogen and oxygen atoms in total. The fourth-order valence-corrected chi connectivity index (χ4v) is 1.84. The molecule has 0 amide bonds. The number of hydrogen-bond acceptors (Lipinski definition) is 2. The molecule has 1 heterocycles. The molecule has 0 fully saturated rings. The van der Waals surface area contributed by atoms with Gasteiger partial charge in [-0.3, -0.25) is 5.10 Å². The topological polar surface area (TPSA) is 40.7 Å². The predicted molar refractivity (Wildman–Crippen MR) is 71.0 cm³/mol. The maximum atomic E-state index is 13.1. The smallest absolute Gasteiger partial charge is 0.141 e. The number of nitrogens with one attached hydrogen (secondary N) is 2. The van der Waals surface area contributed by atoms with Gasteiger partial charge in [0.2, 0.25) is 0 Å². The Labute approximate surface area is 110 Å². The van der Waals surface area contributed by atoms with Crippen molar-refractivity contribution < 1.29 is 4.39 Å². The van der Waals surface area contributed by atoms with Crippen molar-refractivity contribution in [3.05, 3.63) is 40.8 Å². The summed E-state index contributed by atoms with van der Waals surface area (Å²) < 4.78 is 13.1. The summed E-state index contributed by atoms with van der Waals surface area (Å²) in [6, 6.07) is 6.53. The van der Waals surface area contributed by atoms with Crippen molar-refractivity contribution in [2.75, 3.05) is 6.54 Å². The first-order chi connectivity index (χ1) is 8.70. The lowest BCUT2D eigenvalue weighted by Gasteiger charge is -1.99. The third-order valence-electron chi connectivity index (χ3n) is 2.59. The average Bonchev–Trinajstić information content (AvgIpc) is 2.82. The Morgan fingerprint density at radius 3 is 2.94 bits per heavy atom. The van der Waals surface area contributed by atoms with Gasteiger partial charge in [0, 0.05) is 17.8 Å². The summed E-state index contributed by atoms with van der Waals surface area (Å²) >= 11 is 5.75. The molecular formula is C13H15ClFN3. The Morgan fingerprint density at radius 2 is 2.22 bits per heavy atom. The lowest BCUT2D eigenvalue weighted by Crippen LogP contribution is -2.13. The zero-order valence-electron chi connectivity index (χ0n) is 10.1. The second-order valence-corrected chi connectivity index (χ2v) is 4.49. The molecule has 5 heteroatoms. The van der Waals surface area contributed by atoms with Crippen LogP contribution in [0.25, 0.3) is 11.3 Å². The minimum Gasteiger partial charge on any atom is -0.311 e. The molecule has 1 aromatic carbocycles. The van der Waals surface area contributed by atoms with Gasteiger partial charge in [0.1, 0.15) is 5.82 Å². The minimum absolute atomic E-state index is 0.112. The Hall–Kier alpha value is -1.39. The number of H-pyrrole nitrogens is 1. The molecule has 1 aromatic heterocycles. The molecule has 0 saturated heterocycles. The van der Waals surface area contributed by atoms with Crippen LogP contribution < -0.4 is 5.32 Å². The molecule has 0 spiro atoms. The summed E-state index contributed by atoms with van der Waals surface area (Å²) in [6.07, 6.45) is 1.09. The van der Waals surface area contributed by atoms with E-state index < -0.39 is 5.82 Å². The molecule has 2 aromatic rings. The monoisotopic (exact) mass is 267 g/mol. The largest absolute Gasteiger partial charge is 0.311 e. The van der Waals surface area contributed by atoms with Gasteiger partial charge in [0.25, 0.3) is 0 Å². The van der Waals surface area contributed by atoms with Gasteiger partial charge in [-0.15, -0.1) is 0 Å². The zero-order valence-corrected chi connectivity index (χ0v) is 10.9. The van der Waals surface area contributed by atoms with Gasteiger partial charge >= 0.3 is 0 Å². The molecule has 0 atom stereocenters. The molecule has 0 aliphatic carbocycles. The SMILES string of the molecule is CCCNCc1cc(-c2ccc(F)c(Cl)c2)n[nH]1. The maximum Gasteiger partial charge on any atom is 0.141 e. The highest BCUT2D eigenvalue weighted by Gasteiger charge is 2.06. The fourth-order valence-electron chi connectivity index (χ4n) is 1.66. The number of benzene rings is 1. The summed E-state index contributed by atoms with van der Waals surface area (Å²) in [7, 11) is 0. The van der Waals surface area contributed by atoms with E-state index in [0.717, 1.165) is 36.5 Å². The van der Waals surface area contributed by atoms with Gasteiger partial charge in [-0.2, -0.15) is 5.10 Å².